The Bertz CT molecular complexity index is 515. The summed E-state index contributed by atoms with van der Waals surface area (Å²) in [4.78, 5) is 3.93. The molecule has 0 atom stereocenters. The molecule has 108 valence electrons. The van der Waals surface area contributed by atoms with Gasteiger partial charge in [0, 0.05) is 25.4 Å². The first-order valence-corrected chi connectivity index (χ1v) is 7.55. The first-order valence-electron chi connectivity index (χ1n) is 5.66. The van der Waals surface area contributed by atoms with E-state index in [4.69, 9.17) is 0 Å². The van der Waals surface area contributed by atoms with Crippen LogP contribution in [-0.4, -0.2) is 32.4 Å². The molecule has 0 bridgehead atoms. The summed E-state index contributed by atoms with van der Waals surface area (Å²) in [6, 6.07) is 2.89. The van der Waals surface area contributed by atoms with Gasteiger partial charge in [0.2, 0.25) is 0 Å². The molecular weight excluding hydrogens is 281 g/mol. The van der Waals surface area contributed by atoms with Gasteiger partial charge in [-0.3, -0.25) is 0 Å². The van der Waals surface area contributed by atoms with Crippen LogP contribution in [0.25, 0.3) is 0 Å². The van der Waals surface area contributed by atoms with Crippen molar-refractivity contribution in [3.8, 4) is 0 Å². The highest BCUT2D eigenvalue weighted by atomic mass is 32.2. The maximum absolute atomic E-state index is 11.9. The minimum Gasteiger partial charge on any atom is -0.369 e. The van der Waals surface area contributed by atoms with Gasteiger partial charge in [-0.15, -0.1) is 0 Å². The Morgan fingerprint density at radius 2 is 2.00 bits per heavy atom. The van der Waals surface area contributed by atoms with Crippen LogP contribution in [0.2, 0.25) is 0 Å². The summed E-state index contributed by atoms with van der Waals surface area (Å²) in [6.07, 6.45) is -2.22. The molecule has 0 aliphatic carbocycles. The number of alkyl halides is 3. The Hall–Kier alpha value is -1.31. The highest BCUT2D eigenvalue weighted by Gasteiger charge is 2.25. The third-order valence-electron chi connectivity index (χ3n) is 2.35. The zero-order valence-corrected chi connectivity index (χ0v) is 11.2. The summed E-state index contributed by atoms with van der Waals surface area (Å²) in [5, 5.41) is 2.75. The van der Waals surface area contributed by atoms with E-state index in [1.165, 1.54) is 18.3 Å². The van der Waals surface area contributed by atoms with Gasteiger partial charge in [0.25, 0.3) is 0 Å². The summed E-state index contributed by atoms with van der Waals surface area (Å²) in [7, 11) is -3.40. The number of nitrogens with one attached hydrogen (secondary N) is 1. The van der Waals surface area contributed by atoms with Crippen molar-refractivity contribution in [1.82, 2.24) is 4.98 Å². The first kappa shape index (κ1) is 15.7. The second-order valence-corrected chi connectivity index (χ2v) is 6.11. The van der Waals surface area contributed by atoms with Gasteiger partial charge in [0.05, 0.1) is 0 Å². The van der Waals surface area contributed by atoms with Crippen molar-refractivity contribution < 1.29 is 21.6 Å². The van der Waals surface area contributed by atoms with Gasteiger partial charge in [-0.05, 0) is 25.0 Å². The molecule has 0 aromatic carbocycles. The van der Waals surface area contributed by atoms with Gasteiger partial charge >= 0.3 is 6.18 Å². The first-order chi connectivity index (χ1) is 8.70. The molecule has 0 spiro atoms. The molecule has 4 nitrogen and oxygen atoms in total. The van der Waals surface area contributed by atoms with Gasteiger partial charge in [-0.25, -0.2) is 13.4 Å². The molecule has 0 aliphatic heterocycles. The van der Waals surface area contributed by atoms with E-state index in [0.717, 1.165) is 6.26 Å². The van der Waals surface area contributed by atoms with Gasteiger partial charge in [-0.1, -0.05) is 0 Å². The van der Waals surface area contributed by atoms with Crippen molar-refractivity contribution in [3.63, 3.8) is 0 Å². The van der Waals surface area contributed by atoms with Crippen LogP contribution in [0.3, 0.4) is 0 Å². The molecule has 1 heterocycles. The summed E-state index contributed by atoms with van der Waals surface area (Å²) in [5.74, 6) is 0.178. The molecular formula is C11H15F3N2O2S. The fraction of sp³-hybridized carbons (Fsp3) is 0.545. The van der Waals surface area contributed by atoms with Crippen molar-refractivity contribution in [2.24, 2.45) is 0 Å². The van der Waals surface area contributed by atoms with Crippen LogP contribution in [0.1, 0.15) is 19.3 Å². The predicted molar refractivity (Wildman–Crippen MR) is 65.7 cm³/mol. The van der Waals surface area contributed by atoms with Gasteiger partial charge in [0.15, 0.2) is 9.84 Å². The maximum atomic E-state index is 11.9. The molecule has 0 aliphatic rings. The zero-order valence-electron chi connectivity index (χ0n) is 10.4. The maximum Gasteiger partial charge on any atom is 0.389 e. The van der Waals surface area contributed by atoms with Crippen molar-refractivity contribution in [1.29, 1.82) is 0 Å². The average molecular weight is 296 g/mol. The largest absolute Gasteiger partial charge is 0.389 e. The minimum atomic E-state index is -4.15. The highest BCUT2D eigenvalue weighted by molar-refractivity contribution is 7.90. The van der Waals surface area contributed by atoms with Crippen LogP contribution >= 0.6 is 0 Å². The molecule has 0 radical (unpaired) electrons. The summed E-state index contributed by atoms with van der Waals surface area (Å²) < 4.78 is 58.6. The summed E-state index contributed by atoms with van der Waals surface area (Å²) in [5.41, 5.74) is 0. The number of rotatable bonds is 6. The number of pyridine rings is 1. The number of halogens is 3. The van der Waals surface area contributed by atoms with Gasteiger partial charge < -0.3 is 5.32 Å². The monoisotopic (exact) mass is 296 g/mol. The van der Waals surface area contributed by atoms with Crippen LogP contribution in [0.5, 0.6) is 0 Å². The Labute approximate surface area is 110 Å². The molecule has 0 saturated heterocycles. The Morgan fingerprint density at radius 1 is 1.32 bits per heavy atom. The minimum absolute atomic E-state index is 0.00244. The lowest BCUT2D eigenvalue weighted by Crippen LogP contribution is -2.11. The molecule has 0 saturated carbocycles. The molecule has 0 fully saturated rings. The van der Waals surface area contributed by atoms with Crippen LogP contribution in [-0.2, 0) is 9.84 Å². The molecule has 1 rings (SSSR count). The molecule has 8 heteroatoms. The number of hydrogen-bond donors (Lipinski definition) is 1. The zero-order chi connectivity index (χ0) is 14.5. The average Bonchev–Trinajstić information content (AvgIpc) is 2.26. The second-order valence-electron chi connectivity index (χ2n) is 4.12. The van der Waals surface area contributed by atoms with E-state index < -0.39 is 22.4 Å². The number of sulfone groups is 1. The van der Waals surface area contributed by atoms with Crippen LogP contribution in [0.4, 0.5) is 19.0 Å². The summed E-state index contributed by atoms with van der Waals surface area (Å²) in [6.45, 7) is 0.246. The standard InChI is InChI=1S/C11H15F3N2O2S/c1-19(17,18)9-5-4-8-16-10(9)15-7-3-2-6-11(12,13)14/h4-5,8H,2-3,6-7H2,1H3,(H,15,16). The number of aromatic nitrogens is 1. The van der Waals surface area contributed by atoms with Crippen molar-refractivity contribution >= 4 is 15.7 Å². The smallest absolute Gasteiger partial charge is 0.369 e. The lowest BCUT2D eigenvalue weighted by Gasteiger charge is -2.10. The molecule has 0 amide bonds. The quantitative estimate of drug-likeness (QED) is 0.820. The Morgan fingerprint density at radius 3 is 2.58 bits per heavy atom. The van der Waals surface area contributed by atoms with E-state index in [9.17, 15) is 21.6 Å². The van der Waals surface area contributed by atoms with E-state index in [1.807, 2.05) is 0 Å². The van der Waals surface area contributed by atoms with Gasteiger partial charge in [-0.2, -0.15) is 13.2 Å². The second kappa shape index (κ2) is 6.23. The van der Waals surface area contributed by atoms with E-state index in [2.05, 4.69) is 10.3 Å². The lowest BCUT2D eigenvalue weighted by atomic mass is 10.2. The third kappa shape index (κ3) is 5.91. The van der Waals surface area contributed by atoms with E-state index in [0.29, 0.717) is 6.42 Å². The normalized spacial score (nSPS) is 12.4. The fourth-order valence-corrected chi connectivity index (χ4v) is 2.28. The van der Waals surface area contributed by atoms with Crippen LogP contribution in [0.15, 0.2) is 23.2 Å². The van der Waals surface area contributed by atoms with E-state index >= 15 is 0 Å². The summed E-state index contributed by atoms with van der Waals surface area (Å²) >= 11 is 0. The van der Waals surface area contributed by atoms with Crippen LogP contribution < -0.4 is 5.32 Å². The molecule has 1 aromatic heterocycles. The lowest BCUT2D eigenvalue weighted by molar-refractivity contribution is -0.135. The number of unbranched alkanes of at least 4 members (excludes halogenated alkanes) is 1. The van der Waals surface area contributed by atoms with Crippen LogP contribution in [0, 0.1) is 0 Å². The van der Waals surface area contributed by atoms with E-state index in [-0.39, 0.29) is 23.7 Å². The highest BCUT2D eigenvalue weighted by Crippen LogP contribution is 2.22. The SMILES string of the molecule is CS(=O)(=O)c1cccnc1NCCCCC(F)(F)F. The van der Waals surface area contributed by atoms with Crippen molar-refractivity contribution in [3.05, 3.63) is 18.3 Å². The third-order valence-corrected chi connectivity index (χ3v) is 3.48. The van der Waals surface area contributed by atoms with Crippen molar-refractivity contribution in [2.75, 3.05) is 18.1 Å². The topological polar surface area (TPSA) is 59.1 Å². The molecule has 19 heavy (non-hydrogen) atoms. The molecule has 1 aromatic rings. The fourth-order valence-electron chi connectivity index (χ4n) is 1.48. The number of anilines is 1. The Kier molecular flexibility index (Phi) is 5.16. The number of nitrogens with zero attached hydrogens (tertiary/aromatic N) is 1. The van der Waals surface area contributed by atoms with E-state index in [1.54, 1.807) is 0 Å². The molecule has 1 N–H and O–H groups in total. The number of hydrogen-bond acceptors (Lipinski definition) is 4. The Balaban J connectivity index is 2.51. The molecule has 0 unspecified atom stereocenters. The van der Waals surface area contributed by atoms with Gasteiger partial charge in [0.1, 0.15) is 10.7 Å². The van der Waals surface area contributed by atoms with Crippen molar-refractivity contribution in [2.45, 2.75) is 30.3 Å². The predicted octanol–water partition coefficient (Wildman–Crippen LogP) is 2.63.